The van der Waals surface area contributed by atoms with E-state index in [0.29, 0.717) is 19.8 Å². The third-order valence-electron chi connectivity index (χ3n) is 3.49. The molecule has 1 fully saturated rings. The fourth-order valence-electron chi connectivity index (χ4n) is 2.47. The maximum absolute atomic E-state index is 11.5. The van der Waals surface area contributed by atoms with Gasteiger partial charge >= 0.3 is 5.97 Å². The number of nitrogens with zero attached hydrogens (tertiary/aromatic N) is 2. The Morgan fingerprint density at radius 1 is 1.33 bits per heavy atom. The molecular formula is C13H26N2O3. The summed E-state index contributed by atoms with van der Waals surface area (Å²) in [6, 6.07) is 0. The molecule has 0 radical (unpaired) electrons. The Bertz CT molecular complexity index is 263. The number of hydrogen-bond acceptors (Lipinski definition) is 4. The highest BCUT2D eigenvalue weighted by Crippen LogP contribution is 2.29. The van der Waals surface area contributed by atoms with E-state index in [4.69, 9.17) is 4.74 Å². The molecule has 1 N–H and O–H groups in total. The zero-order valence-electron chi connectivity index (χ0n) is 11.8. The molecule has 1 heterocycles. The smallest absolute Gasteiger partial charge is 0.313 e. The van der Waals surface area contributed by atoms with Crippen LogP contribution in [0.3, 0.4) is 0 Å². The zero-order valence-corrected chi connectivity index (χ0v) is 11.8. The first-order chi connectivity index (χ1) is 8.46. The van der Waals surface area contributed by atoms with Crippen LogP contribution in [0.15, 0.2) is 0 Å². The van der Waals surface area contributed by atoms with E-state index in [2.05, 4.69) is 9.80 Å². The van der Waals surface area contributed by atoms with Gasteiger partial charge in [0.25, 0.3) is 0 Å². The number of hydrogen-bond donors (Lipinski definition) is 1. The summed E-state index contributed by atoms with van der Waals surface area (Å²) in [4.78, 5) is 15.7. The molecule has 0 spiro atoms. The van der Waals surface area contributed by atoms with Gasteiger partial charge in [0.05, 0.1) is 6.61 Å². The van der Waals surface area contributed by atoms with Crippen LogP contribution >= 0.6 is 0 Å². The Kier molecular flexibility index (Phi) is 6.05. The summed E-state index contributed by atoms with van der Waals surface area (Å²) in [5, 5.41) is 9.44. The molecule has 1 unspecified atom stereocenters. The van der Waals surface area contributed by atoms with Crippen LogP contribution in [0.1, 0.15) is 19.3 Å². The van der Waals surface area contributed by atoms with Gasteiger partial charge in [-0.3, -0.25) is 4.79 Å². The van der Waals surface area contributed by atoms with Gasteiger partial charge in [-0.2, -0.15) is 0 Å². The van der Waals surface area contributed by atoms with E-state index >= 15 is 0 Å². The minimum atomic E-state index is -0.721. The molecule has 0 bridgehead atoms. The van der Waals surface area contributed by atoms with E-state index in [0.717, 1.165) is 32.4 Å². The lowest BCUT2D eigenvalue weighted by Crippen LogP contribution is -2.47. The van der Waals surface area contributed by atoms with Crippen LogP contribution in [0.25, 0.3) is 0 Å². The maximum Gasteiger partial charge on any atom is 0.313 e. The normalized spacial score (nSPS) is 24.7. The van der Waals surface area contributed by atoms with E-state index < -0.39 is 11.4 Å². The van der Waals surface area contributed by atoms with E-state index in [9.17, 15) is 9.90 Å². The second-order valence-corrected chi connectivity index (χ2v) is 5.64. The van der Waals surface area contributed by atoms with Crippen molar-refractivity contribution in [2.45, 2.75) is 19.3 Å². The molecule has 1 atom stereocenters. The van der Waals surface area contributed by atoms with Crippen LogP contribution in [0.5, 0.6) is 0 Å². The highest BCUT2D eigenvalue weighted by atomic mass is 16.5. The fraction of sp³-hybridized carbons (Fsp3) is 0.923. The maximum atomic E-state index is 11.5. The van der Waals surface area contributed by atoms with Crippen molar-refractivity contribution < 1.29 is 14.6 Å². The van der Waals surface area contributed by atoms with Crippen LogP contribution in [0, 0.1) is 5.41 Å². The fourth-order valence-corrected chi connectivity index (χ4v) is 2.47. The Morgan fingerprint density at radius 3 is 2.56 bits per heavy atom. The molecule has 5 nitrogen and oxygen atoms in total. The number of carbonyl (C=O) groups is 1. The summed E-state index contributed by atoms with van der Waals surface area (Å²) in [5.41, 5.74) is -0.703. The average molecular weight is 258 g/mol. The highest BCUT2D eigenvalue weighted by Gasteiger charge is 2.41. The first-order valence-corrected chi connectivity index (χ1v) is 6.61. The largest absolute Gasteiger partial charge is 0.481 e. The molecule has 5 heteroatoms. The molecule has 18 heavy (non-hydrogen) atoms. The Labute approximate surface area is 110 Å². The number of carboxylic acids is 1. The zero-order chi connectivity index (χ0) is 13.6. The van der Waals surface area contributed by atoms with Crippen LogP contribution < -0.4 is 0 Å². The van der Waals surface area contributed by atoms with Crippen LogP contribution in [0.2, 0.25) is 0 Å². The van der Waals surface area contributed by atoms with Crippen LogP contribution in [-0.4, -0.2) is 74.9 Å². The highest BCUT2D eigenvalue weighted by molar-refractivity contribution is 5.75. The van der Waals surface area contributed by atoms with Gasteiger partial charge in [-0.1, -0.05) is 0 Å². The first-order valence-electron chi connectivity index (χ1n) is 6.61. The quantitative estimate of drug-likeness (QED) is 0.730. The molecule has 0 aromatic heterocycles. The minimum absolute atomic E-state index is 0.348. The molecule has 1 aliphatic heterocycles. The summed E-state index contributed by atoms with van der Waals surface area (Å²) in [5.74, 6) is -0.721. The van der Waals surface area contributed by atoms with Gasteiger partial charge in [0, 0.05) is 13.2 Å². The van der Waals surface area contributed by atoms with Crippen LogP contribution in [-0.2, 0) is 9.53 Å². The van der Waals surface area contributed by atoms with Crippen molar-refractivity contribution in [2.24, 2.45) is 5.41 Å². The number of rotatable bonds is 7. The lowest BCUT2D eigenvalue weighted by Gasteiger charge is -2.36. The lowest BCUT2D eigenvalue weighted by molar-refractivity contribution is -0.159. The van der Waals surface area contributed by atoms with E-state index in [1.807, 2.05) is 21.1 Å². The van der Waals surface area contributed by atoms with Gasteiger partial charge in [0.2, 0.25) is 0 Å². The van der Waals surface area contributed by atoms with E-state index in [1.54, 1.807) is 0 Å². The summed E-state index contributed by atoms with van der Waals surface area (Å²) in [6.07, 6.45) is 2.62. The molecule has 0 saturated carbocycles. The van der Waals surface area contributed by atoms with Crippen molar-refractivity contribution in [1.82, 2.24) is 9.80 Å². The molecule has 0 aliphatic carbocycles. The topological polar surface area (TPSA) is 53.0 Å². The van der Waals surface area contributed by atoms with Crippen molar-refractivity contribution in [3.8, 4) is 0 Å². The van der Waals surface area contributed by atoms with Crippen molar-refractivity contribution in [3.05, 3.63) is 0 Å². The molecule has 0 amide bonds. The van der Waals surface area contributed by atoms with Gasteiger partial charge in [0.15, 0.2) is 0 Å². The number of carboxylic acid groups (broad SMARTS) is 1. The molecule has 0 aromatic carbocycles. The third-order valence-corrected chi connectivity index (χ3v) is 3.49. The molecule has 0 aromatic rings. The van der Waals surface area contributed by atoms with Crippen molar-refractivity contribution in [1.29, 1.82) is 0 Å². The van der Waals surface area contributed by atoms with Gasteiger partial charge in [0.1, 0.15) is 5.41 Å². The standard InChI is InChI=1S/C13H26N2O3/c1-14(2)7-5-8-15(3)10-13(12(16)17)6-4-9-18-11-13/h4-11H2,1-3H3,(H,16,17). The van der Waals surface area contributed by atoms with Gasteiger partial charge < -0.3 is 19.6 Å². The third kappa shape index (κ3) is 4.55. The molecule has 1 aliphatic rings. The SMILES string of the molecule is CN(C)CCCN(C)CC1(C(=O)O)CCCOC1. The van der Waals surface area contributed by atoms with E-state index in [-0.39, 0.29) is 0 Å². The minimum Gasteiger partial charge on any atom is -0.481 e. The Hall–Kier alpha value is -0.650. The predicted molar refractivity (Wildman–Crippen MR) is 70.8 cm³/mol. The summed E-state index contributed by atoms with van der Waals surface area (Å²) < 4.78 is 5.37. The first kappa shape index (κ1) is 15.4. The number of aliphatic carboxylic acids is 1. The molecule has 1 rings (SSSR count). The average Bonchev–Trinajstić information content (AvgIpc) is 2.29. The monoisotopic (exact) mass is 258 g/mol. The summed E-state index contributed by atoms with van der Waals surface area (Å²) >= 11 is 0. The van der Waals surface area contributed by atoms with Gasteiger partial charge in [-0.25, -0.2) is 0 Å². The lowest BCUT2D eigenvalue weighted by atomic mass is 9.82. The number of ether oxygens (including phenoxy) is 1. The predicted octanol–water partition coefficient (Wildman–Crippen LogP) is 0.751. The van der Waals surface area contributed by atoms with Crippen molar-refractivity contribution in [3.63, 3.8) is 0 Å². The molecular weight excluding hydrogens is 232 g/mol. The van der Waals surface area contributed by atoms with Crippen molar-refractivity contribution in [2.75, 3.05) is 54.0 Å². The molecule has 1 saturated heterocycles. The van der Waals surface area contributed by atoms with Gasteiger partial charge in [-0.15, -0.1) is 0 Å². The second-order valence-electron chi connectivity index (χ2n) is 5.64. The Morgan fingerprint density at radius 2 is 2.06 bits per heavy atom. The summed E-state index contributed by atoms with van der Waals surface area (Å²) in [7, 11) is 6.09. The van der Waals surface area contributed by atoms with E-state index in [1.165, 1.54) is 0 Å². The molecule has 106 valence electrons. The van der Waals surface area contributed by atoms with Crippen LogP contribution in [0.4, 0.5) is 0 Å². The van der Waals surface area contributed by atoms with Crippen molar-refractivity contribution >= 4 is 5.97 Å². The van der Waals surface area contributed by atoms with Gasteiger partial charge in [-0.05, 0) is 53.5 Å². The second kappa shape index (κ2) is 7.07. The Balaban J connectivity index is 2.43. The summed E-state index contributed by atoms with van der Waals surface area (Å²) in [6.45, 7) is 3.57.